The van der Waals surface area contributed by atoms with E-state index in [0.29, 0.717) is 23.2 Å². The standard InChI is InChI=1S/C21H19N7O/c22-21-23-10-13(20-25-19(26-28(20)21)18-6-3-9-29-18)11-27-8-7-15-14-4-1-2-5-16(14)24-17(15)12-27/h1-6,9-10,24H,7-8,11-12H2,(H2,22,23). The average Bonchev–Trinajstić information content (AvgIpc) is 3.47. The number of furan rings is 1. The maximum Gasteiger partial charge on any atom is 0.223 e. The molecule has 8 heteroatoms. The first-order chi connectivity index (χ1) is 14.3. The summed E-state index contributed by atoms with van der Waals surface area (Å²) in [5.74, 6) is 1.43. The number of para-hydroxylation sites is 1. The number of nitrogens with zero attached hydrogens (tertiary/aromatic N) is 5. The molecule has 1 aliphatic heterocycles. The van der Waals surface area contributed by atoms with Crippen molar-refractivity contribution >= 4 is 22.5 Å². The average molecular weight is 385 g/mol. The summed E-state index contributed by atoms with van der Waals surface area (Å²) in [4.78, 5) is 15.0. The zero-order valence-corrected chi connectivity index (χ0v) is 15.7. The van der Waals surface area contributed by atoms with Gasteiger partial charge in [-0.1, -0.05) is 18.2 Å². The van der Waals surface area contributed by atoms with Crippen LogP contribution in [0.15, 0.2) is 53.3 Å². The molecule has 0 aliphatic carbocycles. The first kappa shape index (κ1) is 16.3. The molecule has 1 aliphatic rings. The van der Waals surface area contributed by atoms with Crippen LogP contribution < -0.4 is 5.73 Å². The molecular formula is C21H19N7O. The number of nitrogen functional groups attached to an aromatic ring is 1. The van der Waals surface area contributed by atoms with E-state index in [-0.39, 0.29) is 0 Å². The van der Waals surface area contributed by atoms with E-state index in [1.807, 2.05) is 12.1 Å². The van der Waals surface area contributed by atoms with Crippen LogP contribution in [-0.4, -0.2) is 36.0 Å². The van der Waals surface area contributed by atoms with Crippen molar-refractivity contribution in [3.63, 3.8) is 0 Å². The van der Waals surface area contributed by atoms with Gasteiger partial charge in [-0.05, 0) is 30.2 Å². The van der Waals surface area contributed by atoms with Crippen LogP contribution in [0.1, 0.15) is 16.8 Å². The van der Waals surface area contributed by atoms with Crippen molar-refractivity contribution in [2.75, 3.05) is 12.3 Å². The number of fused-ring (bicyclic) bond motifs is 4. The van der Waals surface area contributed by atoms with Crippen molar-refractivity contribution in [1.82, 2.24) is 29.5 Å². The van der Waals surface area contributed by atoms with E-state index in [0.717, 1.165) is 31.6 Å². The highest BCUT2D eigenvalue weighted by Crippen LogP contribution is 2.28. The second-order valence-corrected chi connectivity index (χ2v) is 7.38. The molecule has 4 aromatic heterocycles. The Labute approximate surface area is 166 Å². The predicted octanol–water partition coefficient (Wildman–Crippen LogP) is 3.01. The summed E-state index contributed by atoms with van der Waals surface area (Å²) >= 11 is 0. The van der Waals surface area contributed by atoms with Gasteiger partial charge in [-0.15, -0.1) is 5.10 Å². The lowest BCUT2D eigenvalue weighted by Gasteiger charge is -2.26. The molecular weight excluding hydrogens is 366 g/mol. The lowest BCUT2D eigenvalue weighted by atomic mass is 10.0. The van der Waals surface area contributed by atoms with Gasteiger partial charge in [0.1, 0.15) is 0 Å². The summed E-state index contributed by atoms with van der Waals surface area (Å²) in [7, 11) is 0. The molecule has 0 fully saturated rings. The minimum atomic E-state index is 0.311. The van der Waals surface area contributed by atoms with E-state index in [2.05, 4.69) is 49.2 Å². The fourth-order valence-electron chi connectivity index (χ4n) is 4.18. The van der Waals surface area contributed by atoms with Crippen molar-refractivity contribution in [2.24, 2.45) is 0 Å². The van der Waals surface area contributed by atoms with Gasteiger partial charge in [-0.25, -0.2) is 9.97 Å². The molecule has 8 nitrogen and oxygen atoms in total. The summed E-state index contributed by atoms with van der Waals surface area (Å²) in [5.41, 5.74) is 11.7. The quantitative estimate of drug-likeness (QED) is 0.495. The molecule has 0 atom stereocenters. The Balaban J connectivity index is 1.34. The van der Waals surface area contributed by atoms with Crippen LogP contribution >= 0.6 is 0 Å². The highest BCUT2D eigenvalue weighted by atomic mass is 16.3. The highest BCUT2D eigenvalue weighted by Gasteiger charge is 2.22. The highest BCUT2D eigenvalue weighted by molar-refractivity contribution is 5.84. The number of H-pyrrole nitrogens is 1. The van der Waals surface area contributed by atoms with Crippen LogP contribution in [0.4, 0.5) is 5.95 Å². The summed E-state index contributed by atoms with van der Waals surface area (Å²) < 4.78 is 7.02. The van der Waals surface area contributed by atoms with E-state index in [1.165, 1.54) is 22.2 Å². The van der Waals surface area contributed by atoms with Crippen LogP contribution in [0.3, 0.4) is 0 Å². The van der Waals surface area contributed by atoms with Crippen molar-refractivity contribution in [3.05, 3.63) is 65.7 Å². The third-order valence-corrected chi connectivity index (χ3v) is 5.56. The Hall–Kier alpha value is -3.65. The van der Waals surface area contributed by atoms with Crippen molar-refractivity contribution in [1.29, 1.82) is 0 Å². The number of nitrogens with one attached hydrogen (secondary N) is 1. The molecule has 0 spiro atoms. The molecule has 5 aromatic rings. The van der Waals surface area contributed by atoms with Crippen LogP contribution in [0, 0.1) is 0 Å². The van der Waals surface area contributed by atoms with Gasteiger partial charge in [0.2, 0.25) is 11.8 Å². The summed E-state index contributed by atoms with van der Waals surface area (Å²) in [6.45, 7) is 2.56. The Morgan fingerprint density at radius 2 is 2.10 bits per heavy atom. The normalized spacial score (nSPS) is 14.6. The number of rotatable bonds is 3. The Morgan fingerprint density at radius 3 is 3.00 bits per heavy atom. The number of hydrogen-bond acceptors (Lipinski definition) is 6. The molecule has 0 bridgehead atoms. The van der Waals surface area contributed by atoms with Crippen molar-refractivity contribution < 1.29 is 4.42 Å². The monoisotopic (exact) mass is 385 g/mol. The number of benzene rings is 1. The van der Waals surface area contributed by atoms with Gasteiger partial charge in [-0.3, -0.25) is 4.90 Å². The van der Waals surface area contributed by atoms with Gasteiger partial charge < -0.3 is 15.1 Å². The van der Waals surface area contributed by atoms with E-state index in [4.69, 9.17) is 10.2 Å². The second-order valence-electron chi connectivity index (χ2n) is 7.38. The number of aromatic amines is 1. The molecule has 5 heterocycles. The largest absolute Gasteiger partial charge is 0.461 e. The third kappa shape index (κ3) is 2.60. The van der Waals surface area contributed by atoms with E-state index in [1.54, 1.807) is 17.0 Å². The van der Waals surface area contributed by atoms with E-state index >= 15 is 0 Å². The number of hydrogen-bond donors (Lipinski definition) is 2. The summed E-state index contributed by atoms with van der Waals surface area (Å²) in [6.07, 6.45) is 4.42. The SMILES string of the molecule is Nc1ncc(CN2CCc3c([nH]c4ccccc34)C2)c2nc(-c3ccco3)nn12. The van der Waals surface area contributed by atoms with Crippen molar-refractivity contribution in [3.8, 4) is 11.6 Å². The van der Waals surface area contributed by atoms with Crippen LogP contribution in [0.25, 0.3) is 28.1 Å². The van der Waals surface area contributed by atoms with Gasteiger partial charge in [0, 0.05) is 48.0 Å². The topological polar surface area (TPSA) is 101 Å². The zero-order valence-electron chi connectivity index (χ0n) is 15.7. The molecule has 3 N–H and O–H groups in total. The maximum absolute atomic E-state index is 6.03. The van der Waals surface area contributed by atoms with Crippen LogP contribution in [-0.2, 0) is 19.5 Å². The first-order valence-electron chi connectivity index (χ1n) is 9.61. The van der Waals surface area contributed by atoms with Crippen molar-refractivity contribution in [2.45, 2.75) is 19.5 Å². The predicted molar refractivity (Wildman–Crippen MR) is 109 cm³/mol. The maximum atomic E-state index is 6.03. The lowest BCUT2D eigenvalue weighted by Crippen LogP contribution is -2.30. The summed E-state index contributed by atoms with van der Waals surface area (Å²) in [6, 6.07) is 12.1. The molecule has 0 unspecified atom stereocenters. The minimum absolute atomic E-state index is 0.311. The smallest absolute Gasteiger partial charge is 0.223 e. The second kappa shape index (κ2) is 6.18. The number of anilines is 1. The van der Waals surface area contributed by atoms with Crippen LogP contribution in [0.2, 0.25) is 0 Å². The molecule has 0 radical (unpaired) electrons. The Bertz CT molecular complexity index is 1330. The van der Waals surface area contributed by atoms with Gasteiger partial charge in [0.25, 0.3) is 0 Å². The zero-order chi connectivity index (χ0) is 19.4. The van der Waals surface area contributed by atoms with Crippen LogP contribution in [0.5, 0.6) is 0 Å². The molecule has 29 heavy (non-hydrogen) atoms. The lowest BCUT2D eigenvalue weighted by molar-refractivity contribution is 0.243. The van der Waals surface area contributed by atoms with Gasteiger partial charge in [0.05, 0.1) is 6.26 Å². The molecule has 1 aromatic carbocycles. The molecule has 0 amide bonds. The number of nitrogens with two attached hydrogens (primary N) is 1. The minimum Gasteiger partial charge on any atom is -0.461 e. The molecule has 0 saturated carbocycles. The van der Waals surface area contributed by atoms with E-state index < -0.39 is 0 Å². The van der Waals surface area contributed by atoms with Gasteiger partial charge in [0.15, 0.2) is 11.4 Å². The van der Waals surface area contributed by atoms with Gasteiger partial charge >= 0.3 is 0 Å². The fraction of sp³-hybridized carbons (Fsp3) is 0.190. The molecule has 0 saturated heterocycles. The first-order valence-corrected chi connectivity index (χ1v) is 9.61. The number of aromatic nitrogens is 5. The van der Waals surface area contributed by atoms with Gasteiger partial charge in [-0.2, -0.15) is 4.52 Å². The Morgan fingerprint density at radius 1 is 1.17 bits per heavy atom. The Kier molecular flexibility index (Phi) is 3.48. The molecule has 144 valence electrons. The molecule has 6 rings (SSSR count). The third-order valence-electron chi connectivity index (χ3n) is 5.56. The van der Waals surface area contributed by atoms with E-state index in [9.17, 15) is 0 Å². The fourth-order valence-corrected chi connectivity index (χ4v) is 4.18. The summed E-state index contributed by atoms with van der Waals surface area (Å²) in [5, 5.41) is 5.81.